The van der Waals surface area contributed by atoms with Crippen LogP contribution in [-0.2, 0) is 4.79 Å². The zero-order valence-corrected chi connectivity index (χ0v) is 18.6. The molecule has 6 nitrogen and oxygen atoms in total. The summed E-state index contributed by atoms with van der Waals surface area (Å²) in [6.07, 6.45) is 3.99. The number of nitrogens with one attached hydrogen (secondary N) is 1. The molecule has 0 aliphatic carbocycles. The number of hydrogen-bond acceptors (Lipinski definition) is 7. The number of anilines is 2. The first-order valence-electron chi connectivity index (χ1n) is 9.14. The number of carbonyl (C=O) groups excluding carboxylic acids is 1. The highest BCUT2D eigenvalue weighted by Gasteiger charge is 2.21. The fourth-order valence-corrected chi connectivity index (χ4v) is 5.52. The van der Waals surface area contributed by atoms with Crippen molar-refractivity contribution in [3.63, 3.8) is 0 Å². The minimum Gasteiger partial charge on any atom is -0.348 e. The zero-order chi connectivity index (χ0) is 19.5. The topological polar surface area (TPSA) is 71.0 Å². The molecule has 1 fully saturated rings. The number of piperidine rings is 1. The highest BCUT2D eigenvalue weighted by atomic mass is 79.9. The summed E-state index contributed by atoms with van der Waals surface area (Å²) in [5.74, 6) is 0.890. The van der Waals surface area contributed by atoms with E-state index in [-0.39, 0.29) is 11.7 Å². The van der Waals surface area contributed by atoms with Gasteiger partial charge >= 0.3 is 0 Å². The summed E-state index contributed by atoms with van der Waals surface area (Å²) in [7, 11) is 0. The van der Waals surface area contributed by atoms with E-state index in [9.17, 15) is 4.79 Å². The normalized spacial score (nSPS) is 17.1. The fourth-order valence-electron chi connectivity index (χ4n) is 3.21. The molecule has 2 aromatic heterocycles. The molecule has 1 N–H and O–H groups in total. The predicted molar refractivity (Wildman–Crippen MR) is 119 cm³/mol. The Kier molecular flexibility index (Phi) is 6.13. The second-order valence-corrected chi connectivity index (χ2v) is 9.63. The van der Waals surface area contributed by atoms with Gasteiger partial charge in [0.1, 0.15) is 16.1 Å². The SMILES string of the molecule is CC1CCCN(c2nc3ncnc(SCC(=O)Nc4ccccc4Br)c3s2)C1. The number of hydrogen-bond donors (Lipinski definition) is 1. The fraction of sp³-hybridized carbons (Fsp3) is 0.368. The Morgan fingerprint density at radius 3 is 3.07 bits per heavy atom. The average Bonchev–Trinajstić information content (AvgIpc) is 3.13. The van der Waals surface area contributed by atoms with E-state index < -0.39 is 0 Å². The first-order chi connectivity index (χ1) is 13.6. The number of para-hydroxylation sites is 1. The molecular weight excluding hydrogens is 458 g/mol. The summed E-state index contributed by atoms with van der Waals surface area (Å²) in [4.78, 5) is 28.1. The number of benzene rings is 1. The number of thiazole rings is 1. The van der Waals surface area contributed by atoms with E-state index in [4.69, 9.17) is 4.98 Å². The van der Waals surface area contributed by atoms with Crippen LogP contribution in [0.15, 0.2) is 40.1 Å². The Labute approximate surface area is 180 Å². The Bertz CT molecular complexity index is 995. The maximum atomic E-state index is 12.3. The molecule has 1 unspecified atom stereocenters. The number of carbonyl (C=O) groups is 1. The van der Waals surface area contributed by atoms with Gasteiger partial charge in [0.15, 0.2) is 10.8 Å². The maximum Gasteiger partial charge on any atom is 0.234 e. The summed E-state index contributed by atoms with van der Waals surface area (Å²) in [5, 5.41) is 4.73. The van der Waals surface area contributed by atoms with Crippen LogP contribution in [0, 0.1) is 5.92 Å². The van der Waals surface area contributed by atoms with Crippen molar-refractivity contribution in [1.29, 1.82) is 0 Å². The number of halogens is 1. The number of fused-ring (bicyclic) bond motifs is 1. The maximum absolute atomic E-state index is 12.3. The summed E-state index contributed by atoms with van der Waals surface area (Å²) in [5.41, 5.74) is 1.47. The van der Waals surface area contributed by atoms with Gasteiger partial charge < -0.3 is 10.2 Å². The zero-order valence-electron chi connectivity index (χ0n) is 15.4. The lowest BCUT2D eigenvalue weighted by Gasteiger charge is -2.30. The van der Waals surface area contributed by atoms with E-state index in [1.807, 2.05) is 24.3 Å². The number of aromatic nitrogens is 3. The van der Waals surface area contributed by atoms with Crippen molar-refractivity contribution in [2.75, 3.05) is 29.1 Å². The smallest absolute Gasteiger partial charge is 0.234 e. The second kappa shape index (κ2) is 8.75. The third-order valence-corrected chi connectivity index (χ3v) is 7.49. The van der Waals surface area contributed by atoms with Gasteiger partial charge in [0.2, 0.25) is 5.91 Å². The molecule has 0 bridgehead atoms. The van der Waals surface area contributed by atoms with Gasteiger partial charge in [0.25, 0.3) is 0 Å². The first-order valence-corrected chi connectivity index (χ1v) is 11.7. The lowest BCUT2D eigenvalue weighted by molar-refractivity contribution is -0.113. The number of nitrogens with zero attached hydrogens (tertiary/aromatic N) is 4. The lowest BCUT2D eigenvalue weighted by atomic mass is 10.0. The molecule has 28 heavy (non-hydrogen) atoms. The largest absolute Gasteiger partial charge is 0.348 e. The summed E-state index contributed by atoms with van der Waals surface area (Å²) >= 11 is 6.48. The molecule has 1 aliphatic rings. The van der Waals surface area contributed by atoms with Crippen molar-refractivity contribution >= 4 is 66.1 Å². The molecule has 1 saturated heterocycles. The van der Waals surface area contributed by atoms with Crippen LogP contribution in [0.1, 0.15) is 19.8 Å². The molecule has 3 aromatic rings. The van der Waals surface area contributed by atoms with Gasteiger partial charge in [-0.3, -0.25) is 4.79 Å². The van der Waals surface area contributed by atoms with Crippen molar-refractivity contribution in [3.05, 3.63) is 35.1 Å². The van der Waals surface area contributed by atoms with E-state index in [2.05, 4.69) is 43.0 Å². The quantitative estimate of drug-likeness (QED) is 0.419. The molecule has 4 rings (SSSR count). The van der Waals surface area contributed by atoms with Gasteiger partial charge in [-0.15, -0.1) is 0 Å². The van der Waals surface area contributed by atoms with E-state index in [1.54, 1.807) is 11.3 Å². The third-order valence-electron chi connectivity index (χ3n) is 4.56. The van der Waals surface area contributed by atoms with Crippen molar-refractivity contribution in [2.24, 2.45) is 5.92 Å². The van der Waals surface area contributed by atoms with Crippen LogP contribution in [0.5, 0.6) is 0 Å². The third kappa shape index (κ3) is 4.47. The highest BCUT2D eigenvalue weighted by Crippen LogP contribution is 2.35. The number of amides is 1. The van der Waals surface area contributed by atoms with Crippen molar-refractivity contribution in [2.45, 2.75) is 24.8 Å². The number of rotatable bonds is 5. The van der Waals surface area contributed by atoms with Gasteiger partial charge in [0, 0.05) is 17.6 Å². The van der Waals surface area contributed by atoms with E-state index >= 15 is 0 Å². The van der Waals surface area contributed by atoms with Crippen molar-refractivity contribution < 1.29 is 4.79 Å². The van der Waals surface area contributed by atoms with Crippen LogP contribution >= 0.6 is 39.0 Å². The van der Waals surface area contributed by atoms with Crippen LogP contribution in [-0.4, -0.2) is 39.7 Å². The summed E-state index contributed by atoms with van der Waals surface area (Å²) < 4.78 is 1.81. The predicted octanol–water partition coefficient (Wildman–Crippen LogP) is 4.82. The average molecular weight is 478 g/mol. The van der Waals surface area contributed by atoms with E-state index in [0.717, 1.165) is 38.1 Å². The van der Waals surface area contributed by atoms with Gasteiger partial charge in [-0.05, 0) is 46.8 Å². The molecule has 1 atom stereocenters. The molecule has 3 heterocycles. The summed E-state index contributed by atoms with van der Waals surface area (Å²) in [6.45, 7) is 4.35. The van der Waals surface area contributed by atoms with Gasteiger partial charge in [0.05, 0.1) is 11.4 Å². The molecular formula is C19H20BrN5OS2. The van der Waals surface area contributed by atoms with Crippen molar-refractivity contribution in [1.82, 2.24) is 15.0 Å². The minimum atomic E-state index is -0.0711. The monoisotopic (exact) mass is 477 g/mol. The van der Waals surface area contributed by atoms with Gasteiger partial charge in [-0.25, -0.2) is 9.97 Å². The Hall–Kier alpha value is -1.71. The number of thioether (sulfide) groups is 1. The van der Waals surface area contributed by atoms with Gasteiger partial charge in [-0.2, -0.15) is 4.98 Å². The second-order valence-electron chi connectivity index (χ2n) is 6.84. The molecule has 0 spiro atoms. The molecule has 1 amide bonds. The summed E-state index contributed by atoms with van der Waals surface area (Å²) in [6, 6.07) is 7.57. The van der Waals surface area contributed by atoms with Crippen LogP contribution < -0.4 is 10.2 Å². The molecule has 0 saturated carbocycles. The molecule has 1 aliphatic heterocycles. The minimum absolute atomic E-state index is 0.0711. The van der Waals surface area contributed by atoms with Gasteiger partial charge in [-0.1, -0.05) is 42.2 Å². The van der Waals surface area contributed by atoms with Crippen molar-refractivity contribution in [3.8, 4) is 0 Å². The van der Waals surface area contributed by atoms with E-state index in [1.165, 1.54) is 30.9 Å². The van der Waals surface area contributed by atoms with Crippen LogP contribution in [0.25, 0.3) is 10.3 Å². The molecule has 0 radical (unpaired) electrons. The van der Waals surface area contributed by atoms with Crippen LogP contribution in [0.4, 0.5) is 10.8 Å². The Balaban J connectivity index is 1.46. The Morgan fingerprint density at radius 2 is 2.25 bits per heavy atom. The van der Waals surface area contributed by atoms with E-state index in [0.29, 0.717) is 11.6 Å². The molecule has 146 valence electrons. The lowest BCUT2D eigenvalue weighted by Crippen LogP contribution is -2.34. The van der Waals surface area contributed by atoms with Crippen LogP contribution in [0.3, 0.4) is 0 Å². The highest BCUT2D eigenvalue weighted by molar-refractivity contribution is 9.10. The Morgan fingerprint density at radius 1 is 1.39 bits per heavy atom. The van der Waals surface area contributed by atoms with Crippen LogP contribution in [0.2, 0.25) is 0 Å². The first kappa shape index (κ1) is 19.6. The standard InChI is InChI=1S/C19H20BrN5OS2/c1-12-5-4-8-25(9-12)19-24-17-16(28-19)18(22-11-21-17)27-10-15(26)23-14-7-3-2-6-13(14)20/h2-3,6-7,11-12H,4-5,8-10H2,1H3,(H,23,26). The molecule has 9 heteroatoms. The molecule has 1 aromatic carbocycles.